The average Bonchev–Trinajstić information content (AvgIpc) is 2.69. The molecule has 0 spiro atoms. The standard InChI is InChI=1S/C20H21FN2O4/c21-15-5-1-4-8-18(15)27-13-19(25)23-11-9-14(10-12-23)20(26)22-16-6-2-3-7-17(16)24/h1-8,14,24H,9-13H2,(H,22,26). The first kappa shape index (κ1) is 18.7. The van der Waals surface area contributed by atoms with E-state index in [0.717, 1.165) is 0 Å². The lowest BCUT2D eigenvalue weighted by molar-refractivity contribution is -0.136. The molecule has 2 amide bonds. The minimum atomic E-state index is -0.509. The van der Waals surface area contributed by atoms with E-state index in [1.807, 2.05) is 0 Å². The number of para-hydroxylation sites is 3. The summed E-state index contributed by atoms with van der Waals surface area (Å²) < 4.78 is 18.8. The number of rotatable bonds is 5. The molecule has 0 bridgehead atoms. The molecule has 7 heteroatoms. The summed E-state index contributed by atoms with van der Waals surface area (Å²) in [4.78, 5) is 26.2. The molecule has 0 atom stereocenters. The summed E-state index contributed by atoms with van der Waals surface area (Å²) in [6.07, 6.45) is 1.04. The zero-order valence-corrected chi connectivity index (χ0v) is 14.7. The number of halogens is 1. The van der Waals surface area contributed by atoms with Crippen molar-refractivity contribution in [2.75, 3.05) is 25.0 Å². The van der Waals surface area contributed by atoms with Gasteiger partial charge in [-0.1, -0.05) is 24.3 Å². The van der Waals surface area contributed by atoms with E-state index < -0.39 is 5.82 Å². The Labute approximate surface area is 156 Å². The highest BCUT2D eigenvalue weighted by Gasteiger charge is 2.28. The first-order valence-electron chi connectivity index (χ1n) is 8.78. The Morgan fingerprint density at radius 3 is 2.48 bits per heavy atom. The van der Waals surface area contributed by atoms with Crippen molar-refractivity contribution < 1.29 is 23.8 Å². The van der Waals surface area contributed by atoms with Crippen LogP contribution in [-0.4, -0.2) is 41.5 Å². The summed E-state index contributed by atoms with van der Waals surface area (Å²) >= 11 is 0. The fraction of sp³-hybridized carbons (Fsp3) is 0.300. The van der Waals surface area contributed by atoms with Crippen molar-refractivity contribution >= 4 is 17.5 Å². The Bertz CT molecular complexity index is 819. The van der Waals surface area contributed by atoms with Gasteiger partial charge in [0.1, 0.15) is 5.75 Å². The molecule has 3 rings (SSSR count). The van der Waals surface area contributed by atoms with Crippen LogP contribution in [-0.2, 0) is 9.59 Å². The minimum Gasteiger partial charge on any atom is -0.506 e. The molecule has 0 unspecified atom stereocenters. The van der Waals surface area contributed by atoms with Crippen LogP contribution >= 0.6 is 0 Å². The second-order valence-corrected chi connectivity index (χ2v) is 6.38. The van der Waals surface area contributed by atoms with Crippen LogP contribution in [0.15, 0.2) is 48.5 Å². The van der Waals surface area contributed by atoms with Crippen LogP contribution in [0.3, 0.4) is 0 Å². The molecule has 2 N–H and O–H groups in total. The predicted molar refractivity (Wildman–Crippen MR) is 97.9 cm³/mol. The van der Waals surface area contributed by atoms with Crippen LogP contribution in [0.25, 0.3) is 0 Å². The monoisotopic (exact) mass is 372 g/mol. The largest absolute Gasteiger partial charge is 0.506 e. The van der Waals surface area contributed by atoms with Crippen molar-refractivity contribution in [2.45, 2.75) is 12.8 Å². The van der Waals surface area contributed by atoms with Crippen molar-refractivity contribution in [3.63, 3.8) is 0 Å². The number of phenolic OH excluding ortho intramolecular Hbond substituents is 1. The average molecular weight is 372 g/mol. The number of ether oxygens (including phenoxy) is 1. The second kappa shape index (κ2) is 8.53. The molecule has 0 saturated carbocycles. The molecule has 2 aromatic carbocycles. The predicted octanol–water partition coefficient (Wildman–Crippen LogP) is 2.79. The number of hydrogen-bond acceptors (Lipinski definition) is 4. The third-order valence-electron chi connectivity index (χ3n) is 4.57. The van der Waals surface area contributed by atoms with E-state index in [2.05, 4.69) is 5.32 Å². The van der Waals surface area contributed by atoms with Gasteiger partial charge in [-0.15, -0.1) is 0 Å². The van der Waals surface area contributed by atoms with Crippen molar-refractivity contribution in [2.24, 2.45) is 5.92 Å². The van der Waals surface area contributed by atoms with Gasteiger partial charge in [-0.05, 0) is 37.1 Å². The lowest BCUT2D eigenvalue weighted by atomic mass is 9.95. The van der Waals surface area contributed by atoms with Gasteiger partial charge in [0, 0.05) is 19.0 Å². The van der Waals surface area contributed by atoms with E-state index in [-0.39, 0.29) is 35.8 Å². The van der Waals surface area contributed by atoms with Crippen LogP contribution in [0.2, 0.25) is 0 Å². The number of piperidine rings is 1. The zero-order valence-electron chi connectivity index (χ0n) is 14.7. The molecular weight excluding hydrogens is 351 g/mol. The summed E-state index contributed by atoms with van der Waals surface area (Å²) in [5, 5.41) is 12.5. The Hall–Kier alpha value is -3.09. The molecule has 0 radical (unpaired) electrons. The van der Waals surface area contributed by atoms with Crippen LogP contribution in [0, 0.1) is 11.7 Å². The normalized spacial score (nSPS) is 14.6. The Balaban J connectivity index is 1.47. The van der Waals surface area contributed by atoms with Gasteiger partial charge in [0.25, 0.3) is 5.91 Å². The number of amides is 2. The topological polar surface area (TPSA) is 78.9 Å². The summed E-state index contributed by atoms with van der Waals surface area (Å²) in [5.41, 5.74) is 0.374. The van der Waals surface area contributed by atoms with Gasteiger partial charge >= 0.3 is 0 Å². The van der Waals surface area contributed by atoms with Crippen LogP contribution in [0.5, 0.6) is 11.5 Å². The number of benzene rings is 2. The third-order valence-corrected chi connectivity index (χ3v) is 4.57. The Morgan fingerprint density at radius 1 is 1.11 bits per heavy atom. The summed E-state index contributed by atoms with van der Waals surface area (Å²) in [6.45, 7) is 0.617. The van der Waals surface area contributed by atoms with Crippen molar-refractivity contribution in [1.82, 2.24) is 4.90 Å². The highest BCUT2D eigenvalue weighted by atomic mass is 19.1. The highest BCUT2D eigenvalue weighted by Crippen LogP contribution is 2.25. The fourth-order valence-corrected chi connectivity index (χ4v) is 3.00. The third kappa shape index (κ3) is 4.75. The van der Waals surface area contributed by atoms with E-state index in [1.165, 1.54) is 18.2 Å². The van der Waals surface area contributed by atoms with Crippen molar-refractivity contribution in [3.8, 4) is 11.5 Å². The number of aromatic hydroxyl groups is 1. The SMILES string of the molecule is O=C(Nc1ccccc1O)C1CCN(C(=O)COc2ccccc2F)CC1. The maximum atomic E-state index is 13.5. The molecule has 1 aliphatic heterocycles. The lowest BCUT2D eigenvalue weighted by Crippen LogP contribution is -2.43. The Morgan fingerprint density at radius 2 is 1.78 bits per heavy atom. The van der Waals surface area contributed by atoms with Gasteiger partial charge in [0.05, 0.1) is 5.69 Å². The van der Waals surface area contributed by atoms with E-state index in [1.54, 1.807) is 35.2 Å². The smallest absolute Gasteiger partial charge is 0.260 e. The molecular formula is C20H21FN2O4. The van der Waals surface area contributed by atoms with E-state index in [4.69, 9.17) is 4.74 Å². The van der Waals surface area contributed by atoms with Gasteiger partial charge in [0.2, 0.25) is 5.91 Å². The van der Waals surface area contributed by atoms with Crippen molar-refractivity contribution in [1.29, 1.82) is 0 Å². The second-order valence-electron chi connectivity index (χ2n) is 6.38. The zero-order chi connectivity index (χ0) is 19.2. The maximum Gasteiger partial charge on any atom is 0.260 e. The number of anilines is 1. The number of nitrogens with one attached hydrogen (secondary N) is 1. The maximum absolute atomic E-state index is 13.5. The molecule has 2 aromatic rings. The summed E-state index contributed by atoms with van der Waals surface area (Å²) in [7, 11) is 0. The molecule has 1 saturated heterocycles. The first-order valence-corrected chi connectivity index (χ1v) is 8.78. The molecule has 0 aromatic heterocycles. The number of carbonyl (C=O) groups is 2. The molecule has 0 aliphatic carbocycles. The molecule has 1 aliphatic rings. The van der Waals surface area contributed by atoms with E-state index >= 15 is 0 Å². The number of phenols is 1. The van der Waals surface area contributed by atoms with Gasteiger partial charge in [-0.25, -0.2) is 4.39 Å². The quantitative estimate of drug-likeness (QED) is 0.791. The molecule has 6 nitrogen and oxygen atoms in total. The van der Waals surface area contributed by atoms with Gasteiger partial charge in [-0.2, -0.15) is 0 Å². The number of carbonyl (C=O) groups excluding carboxylic acids is 2. The summed E-state index contributed by atoms with van der Waals surface area (Å²) in [6, 6.07) is 12.5. The first-order chi connectivity index (χ1) is 13.0. The molecule has 27 heavy (non-hydrogen) atoms. The van der Waals surface area contributed by atoms with Gasteiger partial charge < -0.3 is 20.1 Å². The van der Waals surface area contributed by atoms with Crippen LogP contribution in [0.1, 0.15) is 12.8 Å². The van der Waals surface area contributed by atoms with Gasteiger partial charge in [0.15, 0.2) is 18.2 Å². The number of nitrogens with zero attached hydrogens (tertiary/aromatic N) is 1. The molecule has 1 fully saturated rings. The molecule has 142 valence electrons. The van der Waals surface area contributed by atoms with Crippen molar-refractivity contribution in [3.05, 3.63) is 54.3 Å². The van der Waals surface area contributed by atoms with E-state index in [9.17, 15) is 19.1 Å². The Kier molecular flexibility index (Phi) is 5.90. The lowest BCUT2D eigenvalue weighted by Gasteiger charge is -2.31. The molecule has 1 heterocycles. The van der Waals surface area contributed by atoms with Gasteiger partial charge in [-0.3, -0.25) is 9.59 Å². The number of hydrogen-bond donors (Lipinski definition) is 2. The van der Waals surface area contributed by atoms with Crippen LogP contribution in [0.4, 0.5) is 10.1 Å². The van der Waals surface area contributed by atoms with Crippen LogP contribution < -0.4 is 10.1 Å². The summed E-state index contributed by atoms with van der Waals surface area (Å²) in [5.74, 6) is -1.10. The highest BCUT2D eigenvalue weighted by molar-refractivity contribution is 5.94. The fourth-order valence-electron chi connectivity index (χ4n) is 3.00. The van der Waals surface area contributed by atoms with E-state index in [0.29, 0.717) is 31.6 Å². The number of likely N-dealkylation sites (tertiary alicyclic amines) is 1. The minimum absolute atomic E-state index is 0.0174.